The molecule has 122 valence electrons. The van der Waals surface area contributed by atoms with E-state index in [1.165, 1.54) is 0 Å². The van der Waals surface area contributed by atoms with Crippen LogP contribution in [0.1, 0.15) is 0 Å². The molecule has 1 nitrogen and oxygen atoms in total. The molecule has 0 atom stereocenters. The summed E-state index contributed by atoms with van der Waals surface area (Å²) in [5.74, 6) is 0.0463. The molecule has 0 aromatic heterocycles. The van der Waals surface area contributed by atoms with Crippen molar-refractivity contribution in [3.05, 3.63) is 115 Å². The molecule has 0 bridgehead atoms. The third-order valence-corrected chi connectivity index (χ3v) is 3.59. The van der Waals surface area contributed by atoms with Crippen molar-refractivity contribution < 1.29 is 5.11 Å². The molecule has 0 aliphatic carbocycles. The summed E-state index contributed by atoms with van der Waals surface area (Å²) < 4.78 is 0. The maximum Gasteiger partial charge on any atom is 2.00 e. The van der Waals surface area contributed by atoms with Gasteiger partial charge >= 0.3 is 10.1 Å². The normalized spacial score (nSPS) is 9.38. The van der Waals surface area contributed by atoms with Gasteiger partial charge in [0.05, 0.1) is 0 Å². The number of benzene rings is 4. The van der Waals surface area contributed by atoms with Crippen LogP contribution in [0.2, 0.25) is 0 Å². The molecule has 0 heterocycles. The summed E-state index contributed by atoms with van der Waals surface area (Å²) >= 11 is 0. The van der Waals surface area contributed by atoms with Crippen LogP contribution in [0.4, 0.5) is 0 Å². The molecule has 0 amide bonds. The second-order valence-corrected chi connectivity index (χ2v) is 5.32. The van der Waals surface area contributed by atoms with E-state index >= 15 is 0 Å². The SMILES string of the molecule is [Be+2].[O-]c1ccccc1-c1[c-]cccc1.[c-]1ccccc1-c1[c-]cccc1. The first kappa shape index (κ1) is 19.2. The molecule has 0 unspecified atom stereocenters. The molecule has 4 rings (SSSR count). The summed E-state index contributed by atoms with van der Waals surface area (Å²) in [7, 11) is 0. The molecule has 4 aromatic carbocycles. The first-order valence-electron chi connectivity index (χ1n) is 8.01. The van der Waals surface area contributed by atoms with E-state index in [2.05, 4.69) is 18.2 Å². The quantitative estimate of drug-likeness (QED) is 0.383. The molecule has 0 radical (unpaired) electrons. The summed E-state index contributed by atoms with van der Waals surface area (Å²) in [5.41, 5.74) is 3.76. The zero-order valence-corrected chi connectivity index (χ0v) is 14.4. The Labute approximate surface area is 158 Å². The fourth-order valence-corrected chi connectivity index (χ4v) is 2.37. The van der Waals surface area contributed by atoms with E-state index in [0.29, 0.717) is 5.56 Å². The monoisotopic (exact) mass is 329 g/mol. The van der Waals surface area contributed by atoms with Crippen LogP contribution in [0.3, 0.4) is 0 Å². The van der Waals surface area contributed by atoms with Gasteiger partial charge in [0, 0.05) is 0 Å². The maximum atomic E-state index is 11.4. The van der Waals surface area contributed by atoms with E-state index < -0.39 is 0 Å². The Morgan fingerprint density at radius 3 is 1.35 bits per heavy atom. The van der Waals surface area contributed by atoms with E-state index in [1.54, 1.807) is 12.1 Å². The molecule has 0 N–H and O–H groups in total. The van der Waals surface area contributed by atoms with Gasteiger partial charge in [-0.2, -0.15) is 48.5 Å². The number of para-hydroxylation sites is 1. The predicted octanol–water partition coefficient (Wildman–Crippen LogP) is 4.80. The summed E-state index contributed by atoms with van der Waals surface area (Å²) in [6.07, 6.45) is 0. The van der Waals surface area contributed by atoms with Crippen LogP contribution in [-0.4, -0.2) is 10.1 Å². The molecule has 0 spiro atoms. The van der Waals surface area contributed by atoms with Crippen LogP contribution in [0, 0.1) is 18.2 Å². The summed E-state index contributed by atoms with van der Waals surface area (Å²) in [6.45, 7) is 0. The van der Waals surface area contributed by atoms with E-state index in [-0.39, 0.29) is 15.9 Å². The summed E-state index contributed by atoms with van der Waals surface area (Å²) in [5, 5.41) is 11.4. The van der Waals surface area contributed by atoms with Crippen LogP contribution in [-0.2, 0) is 0 Å². The standard InChI is InChI=1S/C12H9O.C12H8.Be/c13-12-9-5-4-8-11(12)10-6-2-1-3-7-10;1-3-7-11(8-4-1)12-9-5-2-6-10-12;/h1-6,8-9,13H;1-7,9H;/q-1;-2;+2/p-1. The Hall–Kier alpha value is -3.15. The fraction of sp³-hybridized carbons (Fsp3) is 0. The Morgan fingerprint density at radius 2 is 0.923 bits per heavy atom. The van der Waals surface area contributed by atoms with Crippen molar-refractivity contribution in [2.75, 3.05) is 0 Å². The number of hydrogen-bond acceptors (Lipinski definition) is 1. The number of rotatable bonds is 2. The van der Waals surface area contributed by atoms with Gasteiger partial charge in [-0.05, 0) is 0 Å². The molecule has 26 heavy (non-hydrogen) atoms. The van der Waals surface area contributed by atoms with E-state index in [9.17, 15) is 5.11 Å². The second kappa shape index (κ2) is 9.98. The molecule has 4 aromatic rings. The topological polar surface area (TPSA) is 23.1 Å². The molecule has 0 aliphatic rings. The van der Waals surface area contributed by atoms with Crippen molar-refractivity contribution in [3.8, 4) is 28.0 Å². The summed E-state index contributed by atoms with van der Waals surface area (Å²) in [4.78, 5) is 0. The molecular weight excluding hydrogens is 313 g/mol. The largest absolute Gasteiger partial charge is 2.00 e. The Bertz CT molecular complexity index is 853. The molecule has 0 saturated heterocycles. The zero-order valence-electron chi connectivity index (χ0n) is 14.4. The molecule has 2 heteroatoms. The van der Waals surface area contributed by atoms with Gasteiger partial charge in [-0.25, -0.2) is 11.1 Å². The fourth-order valence-electron chi connectivity index (χ4n) is 2.37. The zero-order chi connectivity index (χ0) is 17.3. The molecular formula is C24H16BeO-2. The van der Waals surface area contributed by atoms with Crippen LogP contribution < -0.4 is 5.11 Å². The minimum Gasteiger partial charge on any atom is -0.879 e. The second-order valence-electron chi connectivity index (χ2n) is 5.32. The third-order valence-electron chi connectivity index (χ3n) is 3.59. The van der Waals surface area contributed by atoms with Gasteiger partial charge in [0.25, 0.3) is 0 Å². The van der Waals surface area contributed by atoms with Crippen molar-refractivity contribution in [1.29, 1.82) is 0 Å². The van der Waals surface area contributed by atoms with E-state index in [0.717, 1.165) is 16.7 Å². The first-order valence-corrected chi connectivity index (χ1v) is 8.01. The molecule has 0 fully saturated rings. The van der Waals surface area contributed by atoms with E-state index in [1.807, 2.05) is 84.9 Å². The van der Waals surface area contributed by atoms with Crippen molar-refractivity contribution in [2.45, 2.75) is 0 Å². The molecule has 0 saturated carbocycles. The van der Waals surface area contributed by atoms with Gasteiger partial charge in [0.1, 0.15) is 0 Å². The summed E-state index contributed by atoms with van der Waals surface area (Å²) in [6, 6.07) is 39.6. The van der Waals surface area contributed by atoms with Crippen LogP contribution in [0.25, 0.3) is 22.3 Å². The predicted molar refractivity (Wildman–Crippen MR) is 105 cm³/mol. The van der Waals surface area contributed by atoms with Crippen molar-refractivity contribution in [3.63, 3.8) is 0 Å². The average molecular weight is 329 g/mol. The van der Waals surface area contributed by atoms with Gasteiger partial charge in [-0.3, -0.25) is 0 Å². The number of hydrogen-bond donors (Lipinski definition) is 0. The molecule has 0 aliphatic heterocycles. The van der Waals surface area contributed by atoms with Crippen LogP contribution >= 0.6 is 0 Å². The van der Waals surface area contributed by atoms with Crippen molar-refractivity contribution in [1.82, 2.24) is 0 Å². The van der Waals surface area contributed by atoms with Gasteiger partial charge < -0.3 is 5.11 Å². The van der Waals surface area contributed by atoms with Crippen molar-refractivity contribution >= 4 is 10.1 Å². The first-order chi connectivity index (χ1) is 12.3. The third kappa shape index (κ3) is 5.17. The maximum absolute atomic E-state index is 11.4. The van der Waals surface area contributed by atoms with E-state index in [4.69, 9.17) is 0 Å². The Kier molecular flexibility index (Phi) is 7.36. The van der Waals surface area contributed by atoms with Gasteiger partial charge in [0.15, 0.2) is 0 Å². The average Bonchev–Trinajstić information content (AvgIpc) is 2.71. The smallest absolute Gasteiger partial charge is 0.879 e. The van der Waals surface area contributed by atoms with Crippen molar-refractivity contribution in [2.24, 2.45) is 0 Å². The Morgan fingerprint density at radius 1 is 0.500 bits per heavy atom. The van der Waals surface area contributed by atoms with Gasteiger partial charge in [-0.1, -0.05) is 24.3 Å². The minimum atomic E-state index is 0. The van der Waals surface area contributed by atoms with Crippen LogP contribution in [0.15, 0.2) is 97.1 Å². The minimum absolute atomic E-state index is 0. The Balaban J connectivity index is 0.000000180. The van der Waals surface area contributed by atoms with Crippen LogP contribution in [0.5, 0.6) is 5.75 Å². The van der Waals surface area contributed by atoms with Gasteiger partial charge in [0.2, 0.25) is 0 Å². The van der Waals surface area contributed by atoms with Gasteiger partial charge in [-0.15, -0.1) is 59.3 Å².